The molecule has 0 amide bonds. The lowest BCUT2D eigenvalue weighted by Gasteiger charge is -2.08. The zero-order valence-corrected chi connectivity index (χ0v) is 7.84. The van der Waals surface area contributed by atoms with E-state index in [2.05, 4.69) is 5.92 Å². The Bertz CT molecular complexity index is 363. The molecule has 0 radical (unpaired) electrons. The van der Waals surface area contributed by atoms with Gasteiger partial charge in [-0.2, -0.15) is 13.2 Å². The van der Waals surface area contributed by atoms with Crippen LogP contribution in [-0.2, 0) is 17.5 Å². The van der Waals surface area contributed by atoms with E-state index in [1.54, 1.807) is 6.07 Å². The highest BCUT2D eigenvalue weighted by atomic mass is 19.4. The van der Waals surface area contributed by atoms with Gasteiger partial charge in [-0.25, -0.2) is 0 Å². The van der Waals surface area contributed by atoms with Crippen molar-refractivity contribution >= 4 is 0 Å². The molecule has 0 saturated carbocycles. The molecule has 1 aromatic rings. The summed E-state index contributed by atoms with van der Waals surface area (Å²) in [7, 11) is 0. The van der Waals surface area contributed by atoms with Gasteiger partial charge in [-0.1, -0.05) is 18.1 Å². The summed E-state index contributed by atoms with van der Waals surface area (Å²) in [5.41, 5.74) is -0.218. The summed E-state index contributed by atoms with van der Waals surface area (Å²) in [6, 6.07) is 4.98. The summed E-state index contributed by atoms with van der Waals surface area (Å²) >= 11 is 0. The van der Waals surface area contributed by atoms with Crippen molar-refractivity contribution in [3.05, 3.63) is 35.4 Å². The third-order valence-corrected chi connectivity index (χ3v) is 1.71. The fourth-order valence-corrected chi connectivity index (χ4v) is 1.07. The summed E-state index contributed by atoms with van der Waals surface area (Å²) in [6.07, 6.45) is 0.619. The van der Waals surface area contributed by atoms with Crippen LogP contribution in [0.4, 0.5) is 13.2 Å². The van der Waals surface area contributed by atoms with Crippen LogP contribution >= 0.6 is 0 Å². The molecule has 15 heavy (non-hydrogen) atoms. The van der Waals surface area contributed by atoms with Gasteiger partial charge >= 0.3 is 6.18 Å². The van der Waals surface area contributed by atoms with Crippen molar-refractivity contribution in [3.8, 4) is 12.3 Å². The molecule has 0 unspecified atom stereocenters. The predicted octanol–water partition coefficient (Wildman–Crippen LogP) is 2.86. The van der Waals surface area contributed by atoms with Gasteiger partial charge in [0.1, 0.15) is 6.61 Å². The Labute approximate surface area is 85.9 Å². The SMILES string of the molecule is C#CCOCc1cccc(C(F)(F)F)c1. The van der Waals surface area contributed by atoms with Crippen molar-refractivity contribution in [2.24, 2.45) is 0 Å². The van der Waals surface area contributed by atoms with E-state index >= 15 is 0 Å². The highest BCUT2D eigenvalue weighted by Crippen LogP contribution is 2.29. The molecule has 0 aromatic heterocycles. The smallest absolute Gasteiger partial charge is 0.364 e. The van der Waals surface area contributed by atoms with Gasteiger partial charge in [-0.15, -0.1) is 6.42 Å². The zero-order valence-electron chi connectivity index (χ0n) is 7.84. The molecule has 0 saturated heterocycles. The average Bonchev–Trinajstić information content (AvgIpc) is 2.17. The number of rotatable bonds is 3. The average molecular weight is 214 g/mol. The molecule has 0 atom stereocenters. The Morgan fingerprint density at radius 2 is 2.07 bits per heavy atom. The van der Waals surface area contributed by atoms with Gasteiger partial charge in [0.25, 0.3) is 0 Å². The van der Waals surface area contributed by atoms with Gasteiger partial charge in [0, 0.05) is 0 Å². The normalized spacial score (nSPS) is 11.1. The Morgan fingerprint density at radius 1 is 1.33 bits per heavy atom. The first-order valence-electron chi connectivity index (χ1n) is 4.21. The monoisotopic (exact) mass is 214 g/mol. The molecule has 0 aliphatic heterocycles. The summed E-state index contributed by atoms with van der Waals surface area (Å²) in [5.74, 6) is 2.24. The first kappa shape index (κ1) is 11.6. The van der Waals surface area contributed by atoms with Gasteiger partial charge in [0.15, 0.2) is 0 Å². The van der Waals surface area contributed by atoms with E-state index in [-0.39, 0.29) is 13.2 Å². The minimum Gasteiger partial charge on any atom is -0.364 e. The maximum absolute atomic E-state index is 12.3. The second-order valence-corrected chi connectivity index (χ2v) is 2.90. The summed E-state index contributed by atoms with van der Waals surface area (Å²) < 4.78 is 41.8. The number of hydrogen-bond donors (Lipinski definition) is 0. The molecule has 0 bridgehead atoms. The molecule has 1 aromatic carbocycles. The minimum absolute atomic E-state index is 0.0914. The quantitative estimate of drug-likeness (QED) is 0.555. The fourth-order valence-electron chi connectivity index (χ4n) is 1.07. The van der Waals surface area contributed by atoms with Crippen LogP contribution in [0.25, 0.3) is 0 Å². The third kappa shape index (κ3) is 3.64. The first-order valence-corrected chi connectivity index (χ1v) is 4.21. The van der Waals surface area contributed by atoms with Crippen molar-refractivity contribution in [2.75, 3.05) is 6.61 Å². The molecule has 0 heterocycles. The molecule has 1 rings (SSSR count). The minimum atomic E-state index is -4.32. The molecule has 0 aliphatic carbocycles. The van der Waals surface area contributed by atoms with Crippen LogP contribution in [0.5, 0.6) is 0 Å². The standard InChI is InChI=1S/C11H9F3O/c1-2-6-15-8-9-4-3-5-10(7-9)11(12,13)14/h1,3-5,7H,6,8H2. The van der Waals surface area contributed by atoms with Crippen LogP contribution in [0.2, 0.25) is 0 Å². The topological polar surface area (TPSA) is 9.23 Å². The lowest BCUT2D eigenvalue weighted by atomic mass is 10.1. The number of benzene rings is 1. The Balaban J connectivity index is 2.71. The third-order valence-electron chi connectivity index (χ3n) is 1.71. The predicted molar refractivity (Wildman–Crippen MR) is 49.9 cm³/mol. The van der Waals surface area contributed by atoms with Crippen molar-refractivity contribution in [1.29, 1.82) is 0 Å². The van der Waals surface area contributed by atoms with Crippen molar-refractivity contribution in [3.63, 3.8) is 0 Å². The van der Waals surface area contributed by atoms with Gasteiger partial charge < -0.3 is 4.74 Å². The Kier molecular flexibility index (Phi) is 3.75. The van der Waals surface area contributed by atoms with Gasteiger partial charge in [-0.05, 0) is 17.7 Å². The Hall–Kier alpha value is -1.47. The summed E-state index contributed by atoms with van der Waals surface area (Å²) in [5, 5.41) is 0. The molecule has 0 aliphatic rings. The van der Waals surface area contributed by atoms with Crippen molar-refractivity contribution in [1.82, 2.24) is 0 Å². The van der Waals surface area contributed by atoms with E-state index in [1.165, 1.54) is 6.07 Å². The number of hydrogen-bond acceptors (Lipinski definition) is 1. The van der Waals surface area contributed by atoms with E-state index in [1.807, 2.05) is 0 Å². The first-order chi connectivity index (χ1) is 7.04. The maximum Gasteiger partial charge on any atom is 0.416 e. The van der Waals surface area contributed by atoms with E-state index < -0.39 is 11.7 Å². The highest BCUT2D eigenvalue weighted by molar-refractivity contribution is 5.25. The largest absolute Gasteiger partial charge is 0.416 e. The van der Waals surface area contributed by atoms with Crippen molar-refractivity contribution in [2.45, 2.75) is 12.8 Å². The number of ether oxygens (including phenoxy) is 1. The van der Waals surface area contributed by atoms with E-state index in [9.17, 15) is 13.2 Å². The zero-order chi connectivity index (χ0) is 11.3. The van der Waals surface area contributed by atoms with Crippen LogP contribution in [0.3, 0.4) is 0 Å². The molecule has 80 valence electrons. The second-order valence-electron chi connectivity index (χ2n) is 2.90. The van der Waals surface area contributed by atoms with E-state index in [4.69, 9.17) is 11.2 Å². The second kappa shape index (κ2) is 4.85. The fraction of sp³-hybridized carbons (Fsp3) is 0.273. The lowest BCUT2D eigenvalue weighted by Crippen LogP contribution is -2.05. The highest BCUT2D eigenvalue weighted by Gasteiger charge is 2.30. The molecular weight excluding hydrogens is 205 g/mol. The summed E-state index contributed by atoms with van der Waals surface area (Å²) in [4.78, 5) is 0. The van der Waals surface area contributed by atoms with Crippen molar-refractivity contribution < 1.29 is 17.9 Å². The van der Waals surface area contributed by atoms with Crippen LogP contribution in [0, 0.1) is 12.3 Å². The van der Waals surface area contributed by atoms with Crippen LogP contribution in [0.1, 0.15) is 11.1 Å². The summed E-state index contributed by atoms with van der Waals surface area (Å²) in [6.45, 7) is 0.185. The van der Waals surface area contributed by atoms with Gasteiger partial charge in [0.2, 0.25) is 0 Å². The molecule has 0 N–H and O–H groups in total. The number of terminal acetylenes is 1. The van der Waals surface area contributed by atoms with E-state index in [0.29, 0.717) is 5.56 Å². The molecule has 4 heteroatoms. The van der Waals surface area contributed by atoms with Crippen LogP contribution in [0.15, 0.2) is 24.3 Å². The van der Waals surface area contributed by atoms with Crippen LogP contribution in [-0.4, -0.2) is 6.61 Å². The van der Waals surface area contributed by atoms with Gasteiger partial charge in [-0.3, -0.25) is 0 Å². The Morgan fingerprint density at radius 3 is 2.67 bits per heavy atom. The molecule has 0 spiro atoms. The lowest BCUT2D eigenvalue weighted by molar-refractivity contribution is -0.137. The number of alkyl halides is 3. The van der Waals surface area contributed by atoms with Gasteiger partial charge in [0.05, 0.1) is 12.2 Å². The molecule has 1 nitrogen and oxygen atoms in total. The number of halogens is 3. The maximum atomic E-state index is 12.3. The molecular formula is C11H9F3O. The van der Waals surface area contributed by atoms with Crippen LogP contribution < -0.4 is 0 Å². The molecule has 0 fully saturated rings. The van der Waals surface area contributed by atoms with E-state index in [0.717, 1.165) is 12.1 Å².